The highest BCUT2D eigenvalue weighted by atomic mass is 16.5. The average molecular weight is 682 g/mol. The largest absolute Gasteiger partial charge is 0.480 e. The van der Waals surface area contributed by atoms with Crippen LogP contribution in [-0.2, 0) is 24.7 Å². The Bertz CT molecular complexity index is 1840. The van der Waals surface area contributed by atoms with E-state index in [0.29, 0.717) is 0 Å². The van der Waals surface area contributed by atoms with E-state index in [9.17, 15) is 24.3 Å². The molecule has 0 unspecified atom stereocenters. The predicted octanol–water partition coefficient (Wildman–Crippen LogP) is 6.37. The maximum atomic E-state index is 13.7. The van der Waals surface area contributed by atoms with Crippen molar-refractivity contribution in [3.05, 3.63) is 167 Å². The number of carbonyl (C=O) groups is 4. The zero-order valence-electron chi connectivity index (χ0n) is 28.0. The van der Waals surface area contributed by atoms with Gasteiger partial charge in [-0.25, -0.2) is 9.59 Å². The van der Waals surface area contributed by atoms with Gasteiger partial charge in [0.2, 0.25) is 11.8 Å². The first-order valence-corrected chi connectivity index (χ1v) is 17.0. The van der Waals surface area contributed by atoms with E-state index < -0.39 is 29.6 Å². The molecule has 0 fully saturated rings. The number of nitrogens with one attached hydrogen (secondary N) is 3. The Balaban J connectivity index is 1.03. The molecule has 1 aliphatic rings. The fourth-order valence-corrected chi connectivity index (χ4v) is 6.78. The van der Waals surface area contributed by atoms with E-state index >= 15 is 0 Å². The molecule has 5 aromatic rings. The predicted molar refractivity (Wildman–Crippen MR) is 194 cm³/mol. The lowest BCUT2D eigenvalue weighted by atomic mass is 9.77. The van der Waals surface area contributed by atoms with E-state index in [1.807, 2.05) is 127 Å². The van der Waals surface area contributed by atoms with Gasteiger partial charge in [0.05, 0.1) is 0 Å². The molecule has 0 heterocycles. The standard InChI is InChI=1S/C42H39N3O6/c46-38(26-27-43-41(50)51-28-36-34-22-12-10-20-32(34)33-21-11-13-23-35(33)36)44-37(40(48)49)24-25-39(47)45-42(29-14-4-1-5-15-29,30-16-6-2-7-17-30)31-18-8-3-9-19-31/h1-23,36-37H,24-28H2,(H,43,50)(H,44,46)(H,45,47)(H,48,49)/t37-/m0/s1. The summed E-state index contributed by atoms with van der Waals surface area (Å²) in [7, 11) is 0. The molecule has 0 saturated heterocycles. The number of carboxylic acids is 1. The lowest BCUT2D eigenvalue weighted by molar-refractivity contribution is -0.142. The van der Waals surface area contributed by atoms with Crippen molar-refractivity contribution in [2.45, 2.75) is 36.8 Å². The van der Waals surface area contributed by atoms with Crippen LogP contribution in [0.25, 0.3) is 11.1 Å². The number of amides is 3. The number of fused-ring (bicyclic) bond motifs is 3. The first kappa shape index (κ1) is 34.6. The zero-order valence-corrected chi connectivity index (χ0v) is 28.0. The summed E-state index contributed by atoms with van der Waals surface area (Å²) in [6.45, 7) is 0.0817. The normalized spacial score (nSPS) is 12.5. The minimum atomic E-state index is -1.31. The number of hydrogen-bond acceptors (Lipinski definition) is 5. The van der Waals surface area contributed by atoms with Crippen LogP contribution in [0.5, 0.6) is 0 Å². The quantitative estimate of drug-likeness (QED) is 0.101. The number of aliphatic carboxylic acids is 1. The molecule has 51 heavy (non-hydrogen) atoms. The van der Waals surface area contributed by atoms with Gasteiger partial charge in [0.25, 0.3) is 0 Å². The molecule has 0 saturated carbocycles. The monoisotopic (exact) mass is 681 g/mol. The SMILES string of the molecule is O=C(CCNC(=O)OCC1c2ccccc2-c2ccccc21)N[C@@H](CCC(=O)NC(c1ccccc1)(c1ccccc1)c1ccccc1)C(=O)O. The maximum absolute atomic E-state index is 13.7. The van der Waals surface area contributed by atoms with Crippen LogP contribution in [0.3, 0.4) is 0 Å². The van der Waals surface area contributed by atoms with Crippen molar-refractivity contribution >= 4 is 23.9 Å². The molecule has 3 amide bonds. The molecular weight excluding hydrogens is 642 g/mol. The number of benzene rings is 5. The Morgan fingerprint density at radius 3 is 1.59 bits per heavy atom. The number of hydrogen-bond donors (Lipinski definition) is 4. The van der Waals surface area contributed by atoms with Crippen LogP contribution >= 0.6 is 0 Å². The minimum Gasteiger partial charge on any atom is -0.480 e. The third-order valence-electron chi connectivity index (χ3n) is 9.21. The fraction of sp³-hybridized carbons (Fsp3) is 0.190. The number of rotatable bonds is 14. The van der Waals surface area contributed by atoms with Crippen molar-refractivity contribution < 1.29 is 29.0 Å². The summed E-state index contributed by atoms with van der Waals surface area (Å²) in [5.41, 5.74) is 5.87. The zero-order chi connectivity index (χ0) is 35.6. The second-order valence-corrected chi connectivity index (χ2v) is 12.4. The van der Waals surface area contributed by atoms with Crippen LogP contribution in [-0.4, -0.2) is 48.2 Å². The molecule has 5 aromatic carbocycles. The van der Waals surface area contributed by atoms with Crippen molar-refractivity contribution in [3.63, 3.8) is 0 Å². The van der Waals surface area contributed by atoms with Gasteiger partial charge in [0, 0.05) is 25.3 Å². The summed E-state index contributed by atoms with van der Waals surface area (Å²) < 4.78 is 5.52. The molecule has 0 spiro atoms. The summed E-state index contributed by atoms with van der Waals surface area (Å²) in [6, 6.07) is 43.5. The smallest absolute Gasteiger partial charge is 0.407 e. The van der Waals surface area contributed by atoms with Crippen molar-refractivity contribution in [2.24, 2.45) is 0 Å². The summed E-state index contributed by atoms with van der Waals surface area (Å²) >= 11 is 0. The Morgan fingerprint density at radius 1 is 0.627 bits per heavy atom. The summed E-state index contributed by atoms with van der Waals surface area (Å²) in [5.74, 6) is -2.32. The Kier molecular flexibility index (Phi) is 10.9. The molecule has 0 bridgehead atoms. The van der Waals surface area contributed by atoms with Crippen LogP contribution in [0, 0.1) is 0 Å². The van der Waals surface area contributed by atoms with Gasteiger partial charge in [-0.15, -0.1) is 0 Å². The van der Waals surface area contributed by atoms with Gasteiger partial charge in [-0.05, 0) is 45.4 Å². The van der Waals surface area contributed by atoms with Crippen molar-refractivity contribution in [2.75, 3.05) is 13.2 Å². The maximum Gasteiger partial charge on any atom is 0.407 e. The summed E-state index contributed by atoms with van der Waals surface area (Å²) in [4.78, 5) is 51.1. The van der Waals surface area contributed by atoms with Gasteiger partial charge in [0.1, 0.15) is 18.2 Å². The second-order valence-electron chi connectivity index (χ2n) is 12.4. The van der Waals surface area contributed by atoms with Gasteiger partial charge in [-0.3, -0.25) is 9.59 Å². The van der Waals surface area contributed by atoms with E-state index in [4.69, 9.17) is 4.74 Å². The minimum absolute atomic E-state index is 0.0525. The molecule has 1 atom stereocenters. The summed E-state index contributed by atoms with van der Waals surface area (Å²) in [6.07, 6.45) is -1.14. The first-order valence-electron chi connectivity index (χ1n) is 17.0. The highest BCUT2D eigenvalue weighted by Gasteiger charge is 2.38. The van der Waals surface area contributed by atoms with Gasteiger partial charge < -0.3 is 25.8 Å². The van der Waals surface area contributed by atoms with Gasteiger partial charge in [0.15, 0.2) is 0 Å². The first-order chi connectivity index (χ1) is 24.9. The van der Waals surface area contributed by atoms with Gasteiger partial charge in [-0.1, -0.05) is 140 Å². The average Bonchev–Trinajstić information content (AvgIpc) is 3.49. The molecule has 0 aliphatic heterocycles. The molecule has 9 heteroatoms. The third kappa shape index (κ3) is 7.83. The van der Waals surface area contributed by atoms with Crippen molar-refractivity contribution in [1.82, 2.24) is 16.0 Å². The lowest BCUT2D eigenvalue weighted by Crippen LogP contribution is -2.48. The van der Waals surface area contributed by atoms with Crippen molar-refractivity contribution in [3.8, 4) is 11.1 Å². The van der Waals surface area contributed by atoms with Crippen LogP contribution in [0.15, 0.2) is 140 Å². The third-order valence-corrected chi connectivity index (χ3v) is 9.21. The topological polar surface area (TPSA) is 134 Å². The second kappa shape index (κ2) is 16.0. The molecule has 9 nitrogen and oxygen atoms in total. The highest BCUT2D eigenvalue weighted by molar-refractivity contribution is 5.85. The number of ether oxygens (including phenoxy) is 1. The number of carbonyl (C=O) groups excluding carboxylic acids is 3. The molecular formula is C42H39N3O6. The Morgan fingerprint density at radius 2 is 1.10 bits per heavy atom. The Labute approximate surface area is 296 Å². The van der Waals surface area contributed by atoms with Crippen LogP contribution < -0.4 is 16.0 Å². The summed E-state index contributed by atoms with van der Waals surface area (Å²) in [5, 5.41) is 18.2. The number of carboxylic acid groups (broad SMARTS) is 1. The highest BCUT2D eigenvalue weighted by Crippen LogP contribution is 2.44. The Hall–Kier alpha value is -6.22. The molecule has 258 valence electrons. The van der Waals surface area contributed by atoms with E-state index in [0.717, 1.165) is 38.9 Å². The van der Waals surface area contributed by atoms with E-state index in [1.54, 1.807) is 0 Å². The molecule has 0 aromatic heterocycles. The molecule has 0 radical (unpaired) electrons. The van der Waals surface area contributed by atoms with Crippen LogP contribution in [0.1, 0.15) is 53.0 Å². The van der Waals surface area contributed by atoms with E-state index in [-0.39, 0.29) is 44.2 Å². The van der Waals surface area contributed by atoms with Gasteiger partial charge >= 0.3 is 12.1 Å². The molecule has 6 rings (SSSR count). The van der Waals surface area contributed by atoms with Crippen LogP contribution in [0.2, 0.25) is 0 Å². The molecule has 1 aliphatic carbocycles. The lowest BCUT2D eigenvalue weighted by Gasteiger charge is -2.37. The fourth-order valence-electron chi connectivity index (χ4n) is 6.78. The van der Waals surface area contributed by atoms with E-state index in [1.165, 1.54) is 0 Å². The molecule has 4 N–H and O–H groups in total. The van der Waals surface area contributed by atoms with Crippen LogP contribution in [0.4, 0.5) is 4.79 Å². The van der Waals surface area contributed by atoms with E-state index in [2.05, 4.69) is 28.1 Å². The number of alkyl carbamates (subject to hydrolysis) is 1. The van der Waals surface area contributed by atoms with Gasteiger partial charge in [-0.2, -0.15) is 0 Å². The van der Waals surface area contributed by atoms with Crippen molar-refractivity contribution in [1.29, 1.82) is 0 Å².